The zero-order chi connectivity index (χ0) is 16.9. The van der Waals surface area contributed by atoms with Crippen LogP contribution in [0.2, 0.25) is 0 Å². The third-order valence-electron chi connectivity index (χ3n) is 4.72. The molecule has 0 radical (unpaired) electrons. The number of carbonyl (C=O) groups excluding carboxylic acids is 2. The first-order valence-corrected chi connectivity index (χ1v) is 8.54. The van der Waals surface area contributed by atoms with Crippen molar-refractivity contribution in [2.75, 3.05) is 26.2 Å². The SMILES string of the molecule is O=C(NCC1CCCO1)C1CC(=O)N(CCc2ccccc2F)C1. The van der Waals surface area contributed by atoms with Gasteiger partial charge in [-0.05, 0) is 30.9 Å². The fourth-order valence-corrected chi connectivity index (χ4v) is 3.28. The molecule has 130 valence electrons. The summed E-state index contributed by atoms with van der Waals surface area (Å²) in [6.45, 7) is 2.12. The molecule has 6 heteroatoms. The van der Waals surface area contributed by atoms with Gasteiger partial charge < -0.3 is 15.0 Å². The zero-order valence-corrected chi connectivity index (χ0v) is 13.7. The monoisotopic (exact) mass is 334 g/mol. The van der Waals surface area contributed by atoms with E-state index in [1.54, 1.807) is 23.1 Å². The van der Waals surface area contributed by atoms with Crippen molar-refractivity contribution in [2.24, 2.45) is 5.92 Å². The molecule has 2 unspecified atom stereocenters. The summed E-state index contributed by atoms with van der Waals surface area (Å²) in [6, 6.07) is 6.57. The first kappa shape index (κ1) is 16.9. The molecule has 0 aromatic heterocycles. The molecule has 24 heavy (non-hydrogen) atoms. The highest BCUT2D eigenvalue weighted by Crippen LogP contribution is 2.19. The van der Waals surface area contributed by atoms with Crippen LogP contribution in [0, 0.1) is 11.7 Å². The molecule has 2 amide bonds. The number of nitrogens with zero attached hydrogens (tertiary/aromatic N) is 1. The van der Waals surface area contributed by atoms with Crippen LogP contribution in [0.4, 0.5) is 4.39 Å². The van der Waals surface area contributed by atoms with E-state index in [2.05, 4.69) is 5.32 Å². The highest BCUT2D eigenvalue weighted by Gasteiger charge is 2.34. The van der Waals surface area contributed by atoms with Crippen molar-refractivity contribution in [3.8, 4) is 0 Å². The number of ether oxygens (including phenoxy) is 1. The Balaban J connectivity index is 1.46. The average Bonchev–Trinajstić information content (AvgIpc) is 3.22. The minimum Gasteiger partial charge on any atom is -0.376 e. The lowest BCUT2D eigenvalue weighted by Gasteiger charge is -2.17. The molecule has 2 heterocycles. The number of amides is 2. The summed E-state index contributed by atoms with van der Waals surface area (Å²) in [5.41, 5.74) is 0.594. The van der Waals surface area contributed by atoms with E-state index >= 15 is 0 Å². The van der Waals surface area contributed by atoms with Crippen LogP contribution in [0.15, 0.2) is 24.3 Å². The van der Waals surface area contributed by atoms with Crippen molar-refractivity contribution >= 4 is 11.8 Å². The van der Waals surface area contributed by atoms with Gasteiger partial charge >= 0.3 is 0 Å². The Morgan fingerprint density at radius 3 is 2.96 bits per heavy atom. The number of halogens is 1. The van der Waals surface area contributed by atoms with E-state index in [0.717, 1.165) is 19.4 Å². The number of nitrogens with one attached hydrogen (secondary N) is 1. The lowest BCUT2D eigenvalue weighted by atomic mass is 10.1. The summed E-state index contributed by atoms with van der Waals surface area (Å²) in [5, 5.41) is 2.89. The highest BCUT2D eigenvalue weighted by molar-refractivity contribution is 5.89. The maximum Gasteiger partial charge on any atom is 0.225 e. The zero-order valence-electron chi connectivity index (χ0n) is 13.7. The van der Waals surface area contributed by atoms with Crippen LogP contribution >= 0.6 is 0 Å². The normalized spacial score (nSPS) is 23.7. The van der Waals surface area contributed by atoms with Gasteiger partial charge in [-0.15, -0.1) is 0 Å². The maximum atomic E-state index is 13.6. The van der Waals surface area contributed by atoms with Gasteiger partial charge in [-0.25, -0.2) is 4.39 Å². The Morgan fingerprint density at radius 1 is 1.38 bits per heavy atom. The molecule has 1 N–H and O–H groups in total. The molecule has 3 rings (SSSR count). The van der Waals surface area contributed by atoms with E-state index in [1.807, 2.05) is 0 Å². The third kappa shape index (κ3) is 4.12. The van der Waals surface area contributed by atoms with Crippen molar-refractivity contribution in [3.63, 3.8) is 0 Å². The Hall–Kier alpha value is -1.95. The average molecular weight is 334 g/mol. The molecule has 0 aliphatic carbocycles. The topological polar surface area (TPSA) is 58.6 Å². The molecule has 2 fully saturated rings. The summed E-state index contributed by atoms with van der Waals surface area (Å²) in [6.07, 6.45) is 2.80. The molecule has 1 aromatic carbocycles. The second-order valence-electron chi connectivity index (χ2n) is 6.46. The van der Waals surface area contributed by atoms with Gasteiger partial charge in [-0.1, -0.05) is 18.2 Å². The molecule has 0 saturated carbocycles. The molecule has 2 atom stereocenters. The van der Waals surface area contributed by atoms with Gasteiger partial charge in [0, 0.05) is 32.7 Å². The smallest absolute Gasteiger partial charge is 0.225 e. The second kappa shape index (κ2) is 7.75. The van der Waals surface area contributed by atoms with E-state index < -0.39 is 0 Å². The van der Waals surface area contributed by atoms with Crippen LogP contribution in [-0.4, -0.2) is 49.1 Å². The van der Waals surface area contributed by atoms with Gasteiger partial charge in [-0.3, -0.25) is 9.59 Å². The van der Waals surface area contributed by atoms with Crippen molar-refractivity contribution in [2.45, 2.75) is 31.8 Å². The molecule has 1 aromatic rings. The first-order chi connectivity index (χ1) is 11.6. The molecule has 0 bridgehead atoms. The fourth-order valence-electron chi connectivity index (χ4n) is 3.28. The Kier molecular flexibility index (Phi) is 5.45. The molecule has 0 spiro atoms. The Labute approximate surface area is 141 Å². The van der Waals surface area contributed by atoms with E-state index in [-0.39, 0.29) is 36.1 Å². The molecule has 5 nitrogen and oxygen atoms in total. The molecular weight excluding hydrogens is 311 g/mol. The lowest BCUT2D eigenvalue weighted by molar-refractivity contribution is -0.129. The summed E-state index contributed by atoms with van der Waals surface area (Å²) in [4.78, 5) is 26.0. The number of rotatable bonds is 6. The largest absolute Gasteiger partial charge is 0.376 e. The summed E-state index contributed by atoms with van der Waals surface area (Å²) in [5.74, 6) is -0.703. The van der Waals surface area contributed by atoms with Gasteiger partial charge in [0.1, 0.15) is 5.82 Å². The summed E-state index contributed by atoms with van der Waals surface area (Å²) < 4.78 is 19.1. The Bertz CT molecular complexity index is 602. The first-order valence-electron chi connectivity index (χ1n) is 8.54. The van der Waals surface area contributed by atoms with Gasteiger partial charge in [-0.2, -0.15) is 0 Å². The molecule has 2 saturated heterocycles. The number of benzene rings is 1. The molecular formula is C18H23FN2O3. The van der Waals surface area contributed by atoms with E-state index in [1.165, 1.54) is 6.07 Å². The van der Waals surface area contributed by atoms with Crippen molar-refractivity contribution in [3.05, 3.63) is 35.6 Å². The second-order valence-corrected chi connectivity index (χ2v) is 6.46. The summed E-state index contributed by atoms with van der Waals surface area (Å²) >= 11 is 0. The predicted octanol–water partition coefficient (Wildman–Crippen LogP) is 1.51. The van der Waals surface area contributed by atoms with E-state index in [0.29, 0.717) is 31.6 Å². The number of hydrogen-bond donors (Lipinski definition) is 1. The number of likely N-dealkylation sites (tertiary alicyclic amines) is 1. The van der Waals surface area contributed by atoms with Gasteiger partial charge in [0.2, 0.25) is 11.8 Å². The third-order valence-corrected chi connectivity index (χ3v) is 4.72. The van der Waals surface area contributed by atoms with Crippen LogP contribution in [0.3, 0.4) is 0 Å². The van der Waals surface area contributed by atoms with Crippen molar-refractivity contribution in [1.29, 1.82) is 0 Å². The minimum atomic E-state index is -0.320. The van der Waals surface area contributed by atoms with Crippen molar-refractivity contribution < 1.29 is 18.7 Å². The van der Waals surface area contributed by atoms with Crippen LogP contribution in [0.5, 0.6) is 0 Å². The van der Waals surface area contributed by atoms with Crippen LogP contribution in [-0.2, 0) is 20.7 Å². The van der Waals surface area contributed by atoms with Gasteiger partial charge in [0.15, 0.2) is 0 Å². The number of carbonyl (C=O) groups is 2. The predicted molar refractivity (Wildman–Crippen MR) is 86.8 cm³/mol. The maximum absolute atomic E-state index is 13.6. The van der Waals surface area contributed by atoms with Gasteiger partial charge in [0.25, 0.3) is 0 Å². The van der Waals surface area contributed by atoms with Crippen molar-refractivity contribution in [1.82, 2.24) is 10.2 Å². The fraction of sp³-hybridized carbons (Fsp3) is 0.556. The standard InChI is InChI=1S/C18H23FN2O3/c19-16-6-2-1-4-13(16)7-8-21-12-14(10-17(21)22)18(23)20-11-15-5-3-9-24-15/h1-2,4,6,14-15H,3,5,7-12H2,(H,20,23). The minimum absolute atomic E-state index is 0.0383. The quantitative estimate of drug-likeness (QED) is 0.858. The van der Waals surface area contributed by atoms with Crippen LogP contribution in [0.1, 0.15) is 24.8 Å². The van der Waals surface area contributed by atoms with Gasteiger partial charge in [0.05, 0.1) is 12.0 Å². The molecule has 2 aliphatic heterocycles. The summed E-state index contributed by atoms with van der Waals surface area (Å²) in [7, 11) is 0. The number of hydrogen-bond acceptors (Lipinski definition) is 3. The highest BCUT2D eigenvalue weighted by atomic mass is 19.1. The van der Waals surface area contributed by atoms with Crippen LogP contribution in [0.25, 0.3) is 0 Å². The molecule has 2 aliphatic rings. The van der Waals surface area contributed by atoms with E-state index in [4.69, 9.17) is 4.74 Å². The Morgan fingerprint density at radius 2 is 2.21 bits per heavy atom. The lowest BCUT2D eigenvalue weighted by Crippen LogP contribution is -2.37. The van der Waals surface area contributed by atoms with Crippen LogP contribution < -0.4 is 5.32 Å². The van der Waals surface area contributed by atoms with E-state index in [9.17, 15) is 14.0 Å².